The molecule has 3 heteroatoms. The second kappa shape index (κ2) is 3.86. The maximum Gasteiger partial charge on any atom is 0.254 e. The summed E-state index contributed by atoms with van der Waals surface area (Å²) in [5, 5.41) is 1.20. The normalized spacial score (nSPS) is 25.4. The lowest BCUT2D eigenvalue weighted by Crippen LogP contribution is -2.55. The number of fused-ring (bicyclic) bond motifs is 2. The first-order chi connectivity index (χ1) is 9.24. The van der Waals surface area contributed by atoms with Gasteiger partial charge in [-0.2, -0.15) is 0 Å². The Morgan fingerprint density at radius 2 is 2.16 bits per heavy atom. The quantitative estimate of drug-likeness (QED) is 0.768. The van der Waals surface area contributed by atoms with Crippen molar-refractivity contribution in [1.82, 2.24) is 9.47 Å². The molecule has 0 bridgehead atoms. The van der Waals surface area contributed by atoms with Crippen molar-refractivity contribution in [3.63, 3.8) is 0 Å². The Morgan fingerprint density at radius 1 is 1.26 bits per heavy atom. The standard InChI is InChI=1S/C16H18N2O/c1-17-8-7-11-5-6-12(9-15(11)17)16(19)18-10-13-3-2-4-14(13)18/h5-9,13-14H,2-4,10H2,1H3/t13-,14-/m0/s1. The summed E-state index contributed by atoms with van der Waals surface area (Å²) in [6.07, 6.45) is 5.83. The van der Waals surface area contributed by atoms with Crippen LogP contribution in [-0.2, 0) is 7.05 Å². The van der Waals surface area contributed by atoms with Gasteiger partial charge < -0.3 is 9.47 Å². The Kier molecular flexibility index (Phi) is 2.25. The predicted molar refractivity (Wildman–Crippen MR) is 75.1 cm³/mol. The summed E-state index contributed by atoms with van der Waals surface area (Å²) in [7, 11) is 2.02. The number of amides is 1. The molecule has 0 spiro atoms. The van der Waals surface area contributed by atoms with E-state index in [1.807, 2.05) is 25.4 Å². The SMILES string of the molecule is Cn1ccc2ccc(C(=O)N3C[C@@H]4CCC[C@@H]43)cc21. The molecule has 19 heavy (non-hydrogen) atoms. The Hall–Kier alpha value is -1.77. The number of hydrogen-bond donors (Lipinski definition) is 0. The van der Waals surface area contributed by atoms with Gasteiger partial charge >= 0.3 is 0 Å². The summed E-state index contributed by atoms with van der Waals surface area (Å²) < 4.78 is 2.07. The topological polar surface area (TPSA) is 25.2 Å². The summed E-state index contributed by atoms with van der Waals surface area (Å²) >= 11 is 0. The Bertz CT molecular complexity index is 658. The van der Waals surface area contributed by atoms with Gasteiger partial charge in [-0.3, -0.25) is 4.79 Å². The molecule has 0 unspecified atom stereocenters. The number of carbonyl (C=O) groups is 1. The first-order valence-electron chi connectivity index (χ1n) is 7.10. The van der Waals surface area contributed by atoms with Crippen molar-refractivity contribution in [1.29, 1.82) is 0 Å². The van der Waals surface area contributed by atoms with E-state index in [1.54, 1.807) is 0 Å². The molecule has 1 aromatic carbocycles. The van der Waals surface area contributed by atoms with E-state index in [9.17, 15) is 4.79 Å². The molecule has 2 aromatic rings. The van der Waals surface area contributed by atoms with E-state index in [-0.39, 0.29) is 5.91 Å². The number of carbonyl (C=O) groups excluding carboxylic acids is 1. The fourth-order valence-electron chi connectivity index (χ4n) is 3.69. The van der Waals surface area contributed by atoms with Gasteiger partial charge in [-0.15, -0.1) is 0 Å². The molecule has 0 N–H and O–H groups in total. The van der Waals surface area contributed by atoms with Gasteiger partial charge in [0.15, 0.2) is 0 Å². The van der Waals surface area contributed by atoms with Crippen molar-refractivity contribution in [3.05, 3.63) is 36.0 Å². The lowest BCUT2D eigenvalue weighted by molar-refractivity contribution is 0.0269. The number of nitrogens with zero attached hydrogens (tertiary/aromatic N) is 2. The molecule has 1 aliphatic carbocycles. The Labute approximate surface area is 112 Å². The molecule has 1 saturated carbocycles. The third-order valence-corrected chi connectivity index (χ3v) is 4.85. The van der Waals surface area contributed by atoms with Crippen LogP contribution in [-0.4, -0.2) is 28.0 Å². The van der Waals surface area contributed by atoms with Gasteiger partial charge in [0.05, 0.1) is 0 Å². The zero-order valence-corrected chi connectivity index (χ0v) is 11.2. The largest absolute Gasteiger partial charge is 0.351 e. The minimum absolute atomic E-state index is 0.214. The molecule has 2 heterocycles. The van der Waals surface area contributed by atoms with Crippen molar-refractivity contribution in [2.24, 2.45) is 13.0 Å². The zero-order chi connectivity index (χ0) is 13.0. The highest BCUT2D eigenvalue weighted by Gasteiger charge is 2.44. The second-order valence-electron chi connectivity index (χ2n) is 5.92. The van der Waals surface area contributed by atoms with E-state index >= 15 is 0 Å². The molecule has 1 saturated heterocycles. The van der Waals surface area contributed by atoms with Crippen LogP contribution >= 0.6 is 0 Å². The van der Waals surface area contributed by atoms with Gasteiger partial charge in [0, 0.05) is 36.9 Å². The molecular weight excluding hydrogens is 236 g/mol. The van der Waals surface area contributed by atoms with Crippen LogP contribution in [0.25, 0.3) is 10.9 Å². The van der Waals surface area contributed by atoms with Crippen molar-refractivity contribution in [3.8, 4) is 0 Å². The first kappa shape index (κ1) is 11.1. The van der Waals surface area contributed by atoms with E-state index in [2.05, 4.69) is 21.6 Å². The van der Waals surface area contributed by atoms with E-state index in [4.69, 9.17) is 0 Å². The van der Waals surface area contributed by atoms with Crippen molar-refractivity contribution in [2.75, 3.05) is 6.54 Å². The molecule has 1 aliphatic heterocycles. The summed E-state index contributed by atoms with van der Waals surface area (Å²) in [6.45, 7) is 0.967. The molecule has 2 aliphatic rings. The minimum Gasteiger partial charge on any atom is -0.351 e. The lowest BCUT2D eigenvalue weighted by atomic mass is 9.91. The lowest BCUT2D eigenvalue weighted by Gasteiger charge is -2.44. The molecule has 2 fully saturated rings. The highest BCUT2D eigenvalue weighted by Crippen LogP contribution is 2.39. The van der Waals surface area contributed by atoms with Crippen LogP contribution in [0.4, 0.5) is 0 Å². The molecular formula is C16H18N2O. The summed E-state index contributed by atoms with van der Waals surface area (Å²) in [4.78, 5) is 14.6. The van der Waals surface area contributed by atoms with Crippen LogP contribution in [0.2, 0.25) is 0 Å². The second-order valence-corrected chi connectivity index (χ2v) is 5.92. The van der Waals surface area contributed by atoms with E-state index in [1.165, 1.54) is 24.6 Å². The molecule has 2 atom stereocenters. The van der Waals surface area contributed by atoms with Crippen LogP contribution in [0.15, 0.2) is 30.5 Å². The smallest absolute Gasteiger partial charge is 0.254 e. The van der Waals surface area contributed by atoms with Gasteiger partial charge in [-0.25, -0.2) is 0 Å². The summed E-state index contributed by atoms with van der Waals surface area (Å²) in [5.74, 6) is 0.994. The minimum atomic E-state index is 0.214. The summed E-state index contributed by atoms with van der Waals surface area (Å²) in [6, 6.07) is 8.65. The van der Waals surface area contributed by atoms with E-state index in [0.717, 1.165) is 23.5 Å². The zero-order valence-electron chi connectivity index (χ0n) is 11.2. The number of aromatic nitrogens is 1. The van der Waals surface area contributed by atoms with Crippen LogP contribution < -0.4 is 0 Å². The van der Waals surface area contributed by atoms with Gasteiger partial charge in [-0.1, -0.05) is 12.5 Å². The molecule has 98 valence electrons. The summed E-state index contributed by atoms with van der Waals surface area (Å²) in [5.41, 5.74) is 1.97. The van der Waals surface area contributed by atoms with Gasteiger partial charge in [0.25, 0.3) is 5.91 Å². The van der Waals surface area contributed by atoms with Crippen LogP contribution in [0.1, 0.15) is 29.6 Å². The highest BCUT2D eigenvalue weighted by molar-refractivity contribution is 5.98. The highest BCUT2D eigenvalue weighted by atomic mass is 16.2. The van der Waals surface area contributed by atoms with Gasteiger partial charge in [-0.05, 0) is 42.3 Å². The van der Waals surface area contributed by atoms with Gasteiger partial charge in [0.1, 0.15) is 0 Å². The molecule has 1 aromatic heterocycles. The van der Waals surface area contributed by atoms with Crippen LogP contribution in [0.5, 0.6) is 0 Å². The monoisotopic (exact) mass is 254 g/mol. The van der Waals surface area contributed by atoms with E-state index < -0.39 is 0 Å². The van der Waals surface area contributed by atoms with Gasteiger partial charge in [0.2, 0.25) is 0 Å². The molecule has 3 nitrogen and oxygen atoms in total. The number of benzene rings is 1. The van der Waals surface area contributed by atoms with Crippen LogP contribution in [0, 0.1) is 5.92 Å². The molecule has 1 amide bonds. The maximum absolute atomic E-state index is 12.6. The number of likely N-dealkylation sites (tertiary alicyclic amines) is 1. The Morgan fingerprint density at radius 3 is 3.00 bits per heavy atom. The van der Waals surface area contributed by atoms with Crippen molar-refractivity contribution in [2.45, 2.75) is 25.3 Å². The number of hydrogen-bond acceptors (Lipinski definition) is 1. The number of aryl methyl sites for hydroxylation is 1. The third kappa shape index (κ3) is 1.54. The third-order valence-electron chi connectivity index (χ3n) is 4.85. The van der Waals surface area contributed by atoms with Crippen molar-refractivity contribution < 1.29 is 4.79 Å². The molecule has 0 radical (unpaired) electrons. The Balaban J connectivity index is 1.66. The average molecular weight is 254 g/mol. The maximum atomic E-state index is 12.6. The van der Waals surface area contributed by atoms with Crippen LogP contribution in [0.3, 0.4) is 0 Å². The average Bonchev–Trinajstić information content (AvgIpc) is 2.94. The molecule has 4 rings (SSSR count). The first-order valence-corrected chi connectivity index (χ1v) is 7.10. The van der Waals surface area contributed by atoms with Crippen molar-refractivity contribution >= 4 is 16.8 Å². The van der Waals surface area contributed by atoms with E-state index in [0.29, 0.717) is 6.04 Å². The number of rotatable bonds is 1. The fraction of sp³-hybridized carbons (Fsp3) is 0.438. The fourth-order valence-corrected chi connectivity index (χ4v) is 3.69. The predicted octanol–water partition coefficient (Wildman–Crippen LogP) is 2.80.